The first-order valence-corrected chi connectivity index (χ1v) is 11.3. The van der Waals surface area contributed by atoms with Gasteiger partial charge in [-0.3, -0.25) is 4.99 Å². The number of anilines is 1. The van der Waals surface area contributed by atoms with Gasteiger partial charge in [0.05, 0.1) is 65.1 Å². The van der Waals surface area contributed by atoms with Gasteiger partial charge < -0.3 is 28.6 Å². The average molecular weight is 443 g/mol. The summed E-state index contributed by atoms with van der Waals surface area (Å²) in [6, 6.07) is 16.1. The van der Waals surface area contributed by atoms with Gasteiger partial charge in [0, 0.05) is 25.0 Å². The second-order valence-corrected chi connectivity index (χ2v) is 7.21. The minimum absolute atomic E-state index is 0.586. The molecule has 2 aromatic rings. The van der Waals surface area contributed by atoms with Crippen molar-refractivity contribution in [3.8, 4) is 5.75 Å². The molecule has 0 amide bonds. The highest BCUT2D eigenvalue weighted by atomic mass is 16.6. The fourth-order valence-electron chi connectivity index (χ4n) is 3.20. The van der Waals surface area contributed by atoms with Crippen molar-refractivity contribution >= 4 is 17.6 Å². The average Bonchev–Trinajstić information content (AvgIpc) is 2.84. The van der Waals surface area contributed by atoms with Crippen molar-refractivity contribution in [1.29, 1.82) is 0 Å². The molecule has 0 radical (unpaired) electrons. The van der Waals surface area contributed by atoms with Crippen LogP contribution in [0.5, 0.6) is 5.75 Å². The van der Waals surface area contributed by atoms with Gasteiger partial charge in [-0.05, 0) is 48.9 Å². The minimum atomic E-state index is 0.586. The van der Waals surface area contributed by atoms with E-state index in [1.807, 2.05) is 37.4 Å². The Morgan fingerprint density at radius 1 is 0.750 bits per heavy atom. The first-order valence-electron chi connectivity index (χ1n) is 11.3. The first kappa shape index (κ1) is 24.2. The zero-order valence-corrected chi connectivity index (χ0v) is 18.9. The fourth-order valence-corrected chi connectivity index (χ4v) is 3.20. The Hall–Kier alpha value is -2.45. The molecule has 2 aromatic carbocycles. The van der Waals surface area contributed by atoms with Crippen molar-refractivity contribution < 1.29 is 23.7 Å². The number of nitrogens with zero attached hydrogens (tertiary/aromatic N) is 2. The zero-order valence-electron chi connectivity index (χ0n) is 18.9. The summed E-state index contributed by atoms with van der Waals surface area (Å²) in [5, 5.41) is 0. The van der Waals surface area contributed by atoms with E-state index in [9.17, 15) is 0 Å². The van der Waals surface area contributed by atoms with Crippen LogP contribution in [0.15, 0.2) is 53.5 Å². The number of aliphatic imine (C=N–C) groups is 1. The van der Waals surface area contributed by atoms with Gasteiger partial charge in [0.2, 0.25) is 0 Å². The third-order valence-corrected chi connectivity index (χ3v) is 4.90. The van der Waals surface area contributed by atoms with Crippen LogP contribution in [0, 0.1) is 0 Å². The lowest BCUT2D eigenvalue weighted by atomic mass is 10.2. The van der Waals surface area contributed by atoms with Crippen molar-refractivity contribution in [3.63, 3.8) is 0 Å². The smallest absolute Gasteiger partial charge is 0.119 e. The summed E-state index contributed by atoms with van der Waals surface area (Å²) in [5.74, 6) is 0.858. The highest BCUT2D eigenvalue weighted by molar-refractivity contribution is 5.82. The predicted molar refractivity (Wildman–Crippen MR) is 127 cm³/mol. The molecule has 32 heavy (non-hydrogen) atoms. The number of ether oxygens (including phenoxy) is 5. The second-order valence-electron chi connectivity index (χ2n) is 7.21. The molecule has 3 rings (SSSR count). The van der Waals surface area contributed by atoms with Crippen LogP contribution in [-0.4, -0.2) is 78.8 Å². The Labute approximate surface area is 190 Å². The van der Waals surface area contributed by atoms with Crippen molar-refractivity contribution in [3.05, 3.63) is 54.1 Å². The summed E-state index contributed by atoms with van der Waals surface area (Å²) in [4.78, 5) is 6.83. The lowest BCUT2D eigenvalue weighted by Crippen LogP contribution is -2.31. The monoisotopic (exact) mass is 442 g/mol. The Balaban J connectivity index is 1.55. The van der Waals surface area contributed by atoms with Gasteiger partial charge >= 0.3 is 0 Å². The maximum absolute atomic E-state index is 5.72. The molecule has 1 aliphatic heterocycles. The van der Waals surface area contributed by atoms with E-state index < -0.39 is 0 Å². The molecule has 1 heterocycles. The third-order valence-electron chi connectivity index (χ3n) is 4.90. The van der Waals surface area contributed by atoms with E-state index in [2.05, 4.69) is 34.2 Å². The molecular formula is C25H34N2O5. The van der Waals surface area contributed by atoms with E-state index in [4.69, 9.17) is 23.7 Å². The molecule has 0 atom stereocenters. The molecule has 7 nitrogen and oxygen atoms in total. The molecule has 0 saturated carbocycles. The summed E-state index contributed by atoms with van der Waals surface area (Å²) in [6.07, 6.45) is 1.87. The van der Waals surface area contributed by atoms with Crippen LogP contribution in [0.25, 0.3) is 0 Å². The molecule has 1 saturated heterocycles. The van der Waals surface area contributed by atoms with Gasteiger partial charge in [0.1, 0.15) is 5.75 Å². The standard InChI is InChI=1S/C25H34N2O5/c1-2-32-25-9-5-23(6-10-25)26-21-22-3-7-24(8-4-22)27-11-13-28-15-17-30-19-20-31-18-16-29-14-12-27/h3-10,21H,2,11-20H2,1H3. The first-order chi connectivity index (χ1) is 15.8. The summed E-state index contributed by atoms with van der Waals surface area (Å²) in [7, 11) is 0. The van der Waals surface area contributed by atoms with E-state index in [0.717, 1.165) is 35.8 Å². The number of rotatable bonds is 5. The van der Waals surface area contributed by atoms with Crippen molar-refractivity contribution in [2.75, 3.05) is 77.5 Å². The number of hydrogen-bond donors (Lipinski definition) is 0. The summed E-state index contributed by atoms with van der Waals surface area (Å²) in [5.41, 5.74) is 3.07. The normalized spacial score (nSPS) is 17.6. The molecule has 0 bridgehead atoms. The second kappa shape index (κ2) is 14.6. The zero-order chi connectivity index (χ0) is 22.3. The molecule has 0 aliphatic carbocycles. The van der Waals surface area contributed by atoms with Crippen molar-refractivity contribution in [1.82, 2.24) is 0 Å². The van der Waals surface area contributed by atoms with Gasteiger partial charge in [-0.2, -0.15) is 0 Å². The highest BCUT2D eigenvalue weighted by Gasteiger charge is 2.07. The SMILES string of the molecule is CCOc1ccc(N=Cc2ccc(N3CCOCCOCCOCCOCC3)cc2)cc1. The van der Waals surface area contributed by atoms with Crippen LogP contribution < -0.4 is 9.64 Å². The van der Waals surface area contributed by atoms with E-state index in [1.165, 1.54) is 0 Å². The molecule has 0 unspecified atom stereocenters. The molecular weight excluding hydrogens is 408 g/mol. The topological polar surface area (TPSA) is 61.8 Å². The van der Waals surface area contributed by atoms with Crippen LogP contribution in [0.4, 0.5) is 11.4 Å². The summed E-state index contributed by atoms with van der Waals surface area (Å²) >= 11 is 0. The lowest BCUT2D eigenvalue weighted by molar-refractivity contribution is 0.00206. The van der Waals surface area contributed by atoms with Crippen LogP contribution >= 0.6 is 0 Å². The largest absolute Gasteiger partial charge is 0.494 e. The maximum atomic E-state index is 5.72. The van der Waals surface area contributed by atoms with Crippen molar-refractivity contribution in [2.24, 2.45) is 4.99 Å². The number of hydrogen-bond acceptors (Lipinski definition) is 7. The Kier molecular flexibility index (Phi) is 11.0. The molecule has 0 spiro atoms. The molecule has 0 aromatic heterocycles. The van der Waals surface area contributed by atoms with Crippen LogP contribution in [0.1, 0.15) is 12.5 Å². The van der Waals surface area contributed by atoms with E-state index in [0.29, 0.717) is 59.5 Å². The Morgan fingerprint density at radius 2 is 1.28 bits per heavy atom. The van der Waals surface area contributed by atoms with E-state index in [1.54, 1.807) is 0 Å². The van der Waals surface area contributed by atoms with Crippen LogP contribution in [0.3, 0.4) is 0 Å². The Bertz CT molecular complexity index is 764. The van der Waals surface area contributed by atoms with Gasteiger partial charge in [0.15, 0.2) is 0 Å². The Morgan fingerprint density at radius 3 is 1.81 bits per heavy atom. The fraction of sp³-hybridized carbons (Fsp3) is 0.480. The molecule has 0 N–H and O–H groups in total. The van der Waals surface area contributed by atoms with Gasteiger partial charge in [-0.25, -0.2) is 0 Å². The van der Waals surface area contributed by atoms with Gasteiger partial charge in [-0.1, -0.05) is 12.1 Å². The summed E-state index contributed by atoms with van der Waals surface area (Å²) in [6.45, 7) is 9.02. The van der Waals surface area contributed by atoms with E-state index >= 15 is 0 Å². The lowest BCUT2D eigenvalue weighted by Gasteiger charge is -2.25. The number of benzene rings is 2. The van der Waals surface area contributed by atoms with Crippen molar-refractivity contribution in [2.45, 2.75) is 6.92 Å². The molecule has 1 fully saturated rings. The van der Waals surface area contributed by atoms with Crippen LogP contribution in [-0.2, 0) is 18.9 Å². The maximum Gasteiger partial charge on any atom is 0.119 e. The summed E-state index contributed by atoms with van der Waals surface area (Å²) < 4.78 is 27.9. The minimum Gasteiger partial charge on any atom is -0.494 e. The quantitative estimate of drug-likeness (QED) is 0.658. The third kappa shape index (κ3) is 8.96. The molecule has 1 aliphatic rings. The predicted octanol–water partition coefficient (Wildman–Crippen LogP) is 3.72. The van der Waals surface area contributed by atoms with Crippen LogP contribution in [0.2, 0.25) is 0 Å². The molecule has 7 heteroatoms. The van der Waals surface area contributed by atoms with Gasteiger partial charge in [0.25, 0.3) is 0 Å². The van der Waals surface area contributed by atoms with E-state index in [-0.39, 0.29) is 0 Å². The van der Waals surface area contributed by atoms with Gasteiger partial charge in [-0.15, -0.1) is 0 Å². The highest BCUT2D eigenvalue weighted by Crippen LogP contribution is 2.19. The molecule has 174 valence electrons.